The lowest BCUT2D eigenvalue weighted by Gasteiger charge is -2.23. The van der Waals surface area contributed by atoms with E-state index in [4.69, 9.17) is 16.7 Å². The monoisotopic (exact) mass is 388 g/mol. The van der Waals surface area contributed by atoms with Crippen LogP contribution in [0.25, 0.3) is 0 Å². The molecule has 1 aromatic heterocycles. The van der Waals surface area contributed by atoms with Crippen LogP contribution < -0.4 is 10.5 Å². The SMILES string of the molecule is NS(=O)(=O)c1ccc(C(=O)NC2CCCc3sc(Cl)cc32)c(F)c1. The lowest BCUT2D eigenvalue weighted by Crippen LogP contribution is -2.31. The van der Waals surface area contributed by atoms with Crippen molar-refractivity contribution in [3.63, 3.8) is 0 Å². The lowest BCUT2D eigenvalue weighted by atomic mass is 9.94. The molecular formula is C15H14ClFN2O3S2. The first-order chi connectivity index (χ1) is 11.3. The molecule has 1 aliphatic carbocycles. The first-order valence-electron chi connectivity index (χ1n) is 7.17. The van der Waals surface area contributed by atoms with E-state index in [2.05, 4.69) is 5.32 Å². The van der Waals surface area contributed by atoms with Crippen LogP contribution in [-0.2, 0) is 16.4 Å². The number of nitrogens with one attached hydrogen (secondary N) is 1. The summed E-state index contributed by atoms with van der Waals surface area (Å²) in [7, 11) is -4.02. The number of halogens is 2. The van der Waals surface area contributed by atoms with Gasteiger partial charge in [-0.1, -0.05) is 11.6 Å². The predicted octanol–water partition coefficient (Wildman–Crippen LogP) is 3.00. The number of fused-ring (bicyclic) bond motifs is 1. The van der Waals surface area contributed by atoms with Crippen LogP contribution in [0.3, 0.4) is 0 Å². The molecule has 0 saturated heterocycles. The van der Waals surface area contributed by atoms with Gasteiger partial charge in [0.1, 0.15) is 5.82 Å². The summed E-state index contributed by atoms with van der Waals surface area (Å²) in [6.07, 6.45) is 2.56. The number of rotatable bonds is 3. The minimum atomic E-state index is -4.02. The zero-order valence-electron chi connectivity index (χ0n) is 12.4. The van der Waals surface area contributed by atoms with Crippen LogP contribution >= 0.6 is 22.9 Å². The predicted molar refractivity (Wildman–Crippen MR) is 90.2 cm³/mol. The molecule has 0 spiro atoms. The summed E-state index contributed by atoms with van der Waals surface area (Å²) in [6.45, 7) is 0. The molecule has 24 heavy (non-hydrogen) atoms. The molecule has 128 valence electrons. The van der Waals surface area contributed by atoms with Gasteiger partial charge in [-0.3, -0.25) is 4.79 Å². The van der Waals surface area contributed by atoms with E-state index in [9.17, 15) is 17.6 Å². The Morgan fingerprint density at radius 1 is 1.38 bits per heavy atom. The maximum absolute atomic E-state index is 14.1. The minimum Gasteiger partial charge on any atom is -0.345 e. The second kappa shape index (κ2) is 6.44. The number of carbonyl (C=O) groups excluding carboxylic acids is 1. The number of carbonyl (C=O) groups is 1. The first-order valence-corrected chi connectivity index (χ1v) is 9.91. The number of thiophene rings is 1. The molecule has 9 heteroatoms. The third-order valence-electron chi connectivity index (χ3n) is 3.90. The van der Waals surface area contributed by atoms with Crippen LogP contribution in [0.1, 0.15) is 39.7 Å². The van der Waals surface area contributed by atoms with Gasteiger partial charge in [0.2, 0.25) is 10.0 Å². The molecule has 1 aromatic carbocycles. The largest absolute Gasteiger partial charge is 0.345 e. The molecule has 0 saturated carbocycles. The number of aryl methyl sites for hydroxylation is 1. The molecule has 1 unspecified atom stereocenters. The van der Waals surface area contributed by atoms with Crippen LogP contribution in [0, 0.1) is 5.82 Å². The molecule has 5 nitrogen and oxygen atoms in total. The van der Waals surface area contributed by atoms with E-state index >= 15 is 0 Å². The molecule has 2 aromatic rings. The van der Waals surface area contributed by atoms with Crippen molar-refractivity contribution in [3.05, 3.63) is 50.4 Å². The molecule has 1 heterocycles. The van der Waals surface area contributed by atoms with Crippen molar-refractivity contribution in [2.45, 2.75) is 30.2 Å². The highest BCUT2D eigenvalue weighted by atomic mass is 35.5. The quantitative estimate of drug-likeness (QED) is 0.846. The molecule has 1 amide bonds. The standard InChI is InChI=1S/C15H14ClFN2O3S2/c16-14-7-10-12(2-1-3-13(10)23-14)19-15(20)9-5-4-8(6-11(9)17)24(18,21)22/h4-7,12H,1-3H2,(H,19,20)(H2,18,21,22). The Morgan fingerprint density at radius 3 is 2.79 bits per heavy atom. The highest BCUT2D eigenvalue weighted by Gasteiger charge is 2.25. The summed E-state index contributed by atoms with van der Waals surface area (Å²) in [5.41, 5.74) is 0.738. The maximum Gasteiger partial charge on any atom is 0.254 e. The van der Waals surface area contributed by atoms with Gasteiger partial charge >= 0.3 is 0 Å². The molecule has 1 aliphatic rings. The summed E-state index contributed by atoms with van der Waals surface area (Å²) in [5.74, 6) is -1.54. The van der Waals surface area contributed by atoms with Crippen LogP contribution in [0.4, 0.5) is 4.39 Å². The second-order valence-corrected chi connectivity index (χ2v) is 8.86. The van der Waals surface area contributed by atoms with Crippen molar-refractivity contribution in [2.75, 3.05) is 0 Å². The summed E-state index contributed by atoms with van der Waals surface area (Å²) < 4.78 is 37.2. The average Bonchev–Trinajstić information content (AvgIpc) is 2.87. The number of hydrogen-bond acceptors (Lipinski definition) is 4. The molecule has 0 fully saturated rings. The van der Waals surface area contributed by atoms with E-state index in [1.165, 1.54) is 11.3 Å². The van der Waals surface area contributed by atoms with Crippen molar-refractivity contribution in [3.8, 4) is 0 Å². The third kappa shape index (κ3) is 3.46. The Balaban J connectivity index is 1.84. The van der Waals surface area contributed by atoms with Gasteiger partial charge in [-0.05, 0) is 49.1 Å². The normalized spacial score (nSPS) is 17.4. The summed E-state index contributed by atoms with van der Waals surface area (Å²) >= 11 is 7.52. The van der Waals surface area contributed by atoms with Crippen molar-refractivity contribution in [2.24, 2.45) is 5.14 Å². The fourth-order valence-corrected chi connectivity index (χ4v) is 4.67. The summed E-state index contributed by atoms with van der Waals surface area (Å²) in [4.78, 5) is 13.1. The fourth-order valence-electron chi connectivity index (χ4n) is 2.76. The molecule has 3 N–H and O–H groups in total. The van der Waals surface area contributed by atoms with Gasteiger partial charge in [-0.15, -0.1) is 11.3 Å². The number of primary sulfonamides is 1. The molecule has 3 rings (SSSR count). The fraction of sp³-hybridized carbons (Fsp3) is 0.267. The van der Waals surface area contributed by atoms with Crippen LogP contribution in [0.2, 0.25) is 4.34 Å². The van der Waals surface area contributed by atoms with Crippen molar-refractivity contribution in [1.29, 1.82) is 0 Å². The van der Waals surface area contributed by atoms with Crippen LogP contribution in [-0.4, -0.2) is 14.3 Å². The van der Waals surface area contributed by atoms with E-state index < -0.39 is 21.7 Å². The molecular weight excluding hydrogens is 375 g/mol. The Bertz CT molecular complexity index is 911. The van der Waals surface area contributed by atoms with Crippen LogP contribution in [0.5, 0.6) is 0 Å². The first kappa shape index (κ1) is 17.3. The van der Waals surface area contributed by atoms with E-state index in [0.717, 1.165) is 47.9 Å². The number of sulfonamides is 1. The number of amides is 1. The number of hydrogen-bond donors (Lipinski definition) is 2. The minimum absolute atomic E-state index is 0.226. The Kier molecular flexibility index (Phi) is 4.65. The average molecular weight is 389 g/mol. The lowest BCUT2D eigenvalue weighted by molar-refractivity contribution is 0.0928. The van der Waals surface area contributed by atoms with E-state index in [1.807, 2.05) is 6.07 Å². The zero-order valence-corrected chi connectivity index (χ0v) is 14.8. The number of nitrogens with two attached hydrogens (primary N) is 1. The van der Waals surface area contributed by atoms with Gasteiger partial charge < -0.3 is 5.32 Å². The molecule has 1 atom stereocenters. The van der Waals surface area contributed by atoms with Gasteiger partial charge in [0.05, 0.1) is 20.8 Å². The highest BCUT2D eigenvalue weighted by molar-refractivity contribution is 7.89. The Morgan fingerprint density at radius 2 is 2.12 bits per heavy atom. The molecule has 0 aliphatic heterocycles. The summed E-state index contributed by atoms with van der Waals surface area (Å²) in [5, 5.41) is 7.74. The molecule has 0 bridgehead atoms. The third-order valence-corrected chi connectivity index (χ3v) is 6.15. The zero-order chi connectivity index (χ0) is 17.5. The molecule has 0 radical (unpaired) electrons. The van der Waals surface area contributed by atoms with Crippen molar-refractivity contribution in [1.82, 2.24) is 5.32 Å². The topological polar surface area (TPSA) is 89.3 Å². The second-order valence-electron chi connectivity index (χ2n) is 5.53. The Labute approximate surface area is 147 Å². The van der Waals surface area contributed by atoms with Crippen molar-refractivity contribution < 1.29 is 17.6 Å². The van der Waals surface area contributed by atoms with Gasteiger partial charge in [-0.2, -0.15) is 0 Å². The smallest absolute Gasteiger partial charge is 0.254 e. The van der Waals surface area contributed by atoms with Gasteiger partial charge in [0, 0.05) is 4.88 Å². The summed E-state index contributed by atoms with van der Waals surface area (Å²) in [6, 6.07) is 4.57. The van der Waals surface area contributed by atoms with E-state index in [1.54, 1.807) is 0 Å². The van der Waals surface area contributed by atoms with Gasteiger partial charge in [-0.25, -0.2) is 17.9 Å². The van der Waals surface area contributed by atoms with Crippen molar-refractivity contribution >= 4 is 38.9 Å². The van der Waals surface area contributed by atoms with E-state index in [-0.39, 0.29) is 16.5 Å². The number of benzene rings is 1. The highest BCUT2D eigenvalue weighted by Crippen LogP contribution is 2.37. The van der Waals surface area contributed by atoms with Gasteiger partial charge in [0.25, 0.3) is 5.91 Å². The van der Waals surface area contributed by atoms with E-state index in [0.29, 0.717) is 4.34 Å². The Hall–Kier alpha value is -1.48. The van der Waals surface area contributed by atoms with Crippen LogP contribution in [0.15, 0.2) is 29.2 Å². The maximum atomic E-state index is 14.1. The van der Waals surface area contributed by atoms with Gasteiger partial charge in [0.15, 0.2) is 0 Å².